The van der Waals surface area contributed by atoms with E-state index < -0.39 is 0 Å². The molecule has 0 aliphatic carbocycles. The lowest BCUT2D eigenvalue weighted by molar-refractivity contribution is 0.578. The van der Waals surface area contributed by atoms with Crippen LogP contribution in [-0.2, 0) is 6.54 Å². The molecule has 1 aromatic heterocycles. The Hall–Kier alpha value is -1.19. The second-order valence-corrected chi connectivity index (χ2v) is 6.88. The van der Waals surface area contributed by atoms with Crippen LogP contribution in [0.2, 0.25) is 0 Å². The fourth-order valence-electron chi connectivity index (χ4n) is 2.52. The molecule has 0 aliphatic rings. The number of rotatable bonds is 4. The third-order valence-corrected chi connectivity index (χ3v) is 5.14. The van der Waals surface area contributed by atoms with Gasteiger partial charge in [-0.05, 0) is 63.8 Å². The first-order chi connectivity index (χ1) is 9.38. The minimum Gasteiger partial charge on any atom is -0.305 e. The highest BCUT2D eigenvalue weighted by molar-refractivity contribution is 7.11. The van der Waals surface area contributed by atoms with Crippen molar-refractivity contribution < 1.29 is 0 Å². The number of nitrogens with one attached hydrogen (secondary N) is 1. The second-order valence-electron chi connectivity index (χ2n) is 5.65. The predicted octanol–water partition coefficient (Wildman–Crippen LogP) is 4.54. The lowest BCUT2D eigenvalue weighted by Gasteiger charge is -2.15. The summed E-state index contributed by atoms with van der Waals surface area (Å²) in [6.45, 7) is 13.8. The predicted molar refractivity (Wildman–Crippen MR) is 87.5 cm³/mol. The van der Waals surface area contributed by atoms with E-state index >= 15 is 0 Å². The number of nitrogens with zero attached hydrogens (tertiary/aromatic N) is 1. The van der Waals surface area contributed by atoms with Crippen LogP contribution >= 0.6 is 11.3 Å². The third-order valence-electron chi connectivity index (χ3n) is 3.88. The minimum absolute atomic E-state index is 0.349. The van der Waals surface area contributed by atoms with Crippen molar-refractivity contribution in [1.82, 2.24) is 10.3 Å². The topological polar surface area (TPSA) is 24.9 Å². The Kier molecular flexibility index (Phi) is 4.61. The highest BCUT2D eigenvalue weighted by Gasteiger charge is 2.13. The fourth-order valence-corrected chi connectivity index (χ4v) is 3.47. The molecule has 0 amide bonds. The number of aryl methyl sites for hydroxylation is 5. The molecule has 1 atom stereocenters. The number of hydrogen-bond donors (Lipinski definition) is 1. The molecule has 2 aromatic rings. The third kappa shape index (κ3) is 3.28. The molecule has 0 fully saturated rings. The summed E-state index contributed by atoms with van der Waals surface area (Å²) in [5.41, 5.74) is 6.64. The lowest BCUT2D eigenvalue weighted by atomic mass is 10.0. The maximum atomic E-state index is 4.51. The van der Waals surface area contributed by atoms with Gasteiger partial charge in [0.05, 0.1) is 10.7 Å². The molecule has 108 valence electrons. The Balaban J connectivity index is 2.09. The van der Waals surface area contributed by atoms with E-state index in [-0.39, 0.29) is 0 Å². The molecular formula is C17H24N2S. The average molecular weight is 288 g/mol. The smallest absolute Gasteiger partial charge is 0.0900 e. The van der Waals surface area contributed by atoms with Crippen LogP contribution in [0.1, 0.15) is 50.8 Å². The normalized spacial score (nSPS) is 12.7. The van der Waals surface area contributed by atoms with Gasteiger partial charge in [-0.1, -0.05) is 12.1 Å². The highest BCUT2D eigenvalue weighted by Crippen LogP contribution is 2.25. The van der Waals surface area contributed by atoms with Gasteiger partial charge >= 0.3 is 0 Å². The molecule has 1 aromatic carbocycles. The summed E-state index contributed by atoms with van der Waals surface area (Å²) in [4.78, 5) is 5.86. The van der Waals surface area contributed by atoms with Gasteiger partial charge in [-0.25, -0.2) is 4.98 Å². The van der Waals surface area contributed by atoms with Crippen molar-refractivity contribution in [2.75, 3.05) is 0 Å². The van der Waals surface area contributed by atoms with Gasteiger partial charge in [0.2, 0.25) is 0 Å². The Bertz CT molecular complexity index is 614. The van der Waals surface area contributed by atoms with Crippen LogP contribution in [0.15, 0.2) is 12.1 Å². The highest BCUT2D eigenvalue weighted by atomic mass is 32.1. The largest absolute Gasteiger partial charge is 0.305 e. The van der Waals surface area contributed by atoms with Crippen molar-refractivity contribution in [2.45, 2.75) is 54.1 Å². The Morgan fingerprint density at radius 1 is 1.05 bits per heavy atom. The standard InChI is InChI=1S/C17H24N2S/c1-10-7-12(3)16(8-11(10)2)9-18-13(4)17-14(5)19-15(6)20-17/h7-8,13,18H,9H2,1-6H3. The van der Waals surface area contributed by atoms with Crippen molar-refractivity contribution in [3.63, 3.8) is 0 Å². The van der Waals surface area contributed by atoms with Crippen molar-refractivity contribution in [2.24, 2.45) is 0 Å². The van der Waals surface area contributed by atoms with Crippen molar-refractivity contribution >= 4 is 11.3 Å². The molecule has 3 heteroatoms. The van der Waals surface area contributed by atoms with E-state index in [9.17, 15) is 0 Å². The summed E-state index contributed by atoms with van der Waals surface area (Å²) < 4.78 is 0. The molecule has 0 aliphatic heterocycles. The molecule has 0 spiro atoms. The fraction of sp³-hybridized carbons (Fsp3) is 0.471. The zero-order valence-corrected chi connectivity index (χ0v) is 14.1. The Morgan fingerprint density at radius 2 is 1.70 bits per heavy atom. The van der Waals surface area contributed by atoms with Crippen molar-refractivity contribution in [3.8, 4) is 0 Å². The summed E-state index contributed by atoms with van der Waals surface area (Å²) in [7, 11) is 0. The van der Waals surface area contributed by atoms with Crippen molar-refractivity contribution in [1.29, 1.82) is 0 Å². The van der Waals surface area contributed by atoms with E-state index in [0.29, 0.717) is 6.04 Å². The van der Waals surface area contributed by atoms with Gasteiger partial charge in [-0.3, -0.25) is 0 Å². The average Bonchev–Trinajstić information content (AvgIpc) is 2.71. The molecule has 2 rings (SSSR count). The van der Waals surface area contributed by atoms with Gasteiger partial charge in [0, 0.05) is 17.5 Å². The summed E-state index contributed by atoms with van der Waals surface area (Å²) in [5.74, 6) is 0. The van der Waals surface area contributed by atoms with Gasteiger partial charge in [0.15, 0.2) is 0 Å². The molecule has 1 N–H and O–H groups in total. The quantitative estimate of drug-likeness (QED) is 0.893. The molecule has 0 bridgehead atoms. The van der Waals surface area contributed by atoms with Gasteiger partial charge in [-0.15, -0.1) is 11.3 Å². The van der Waals surface area contributed by atoms with Crippen LogP contribution in [0, 0.1) is 34.6 Å². The number of aromatic nitrogens is 1. The van der Waals surface area contributed by atoms with E-state index in [1.807, 2.05) is 0 Å². The first-order valence-electron chi connectivity index (χ1n) is 7.12. The van der Waals surface area contributed by atoms with E-state index in [1.165, 1.54) is 27.1 Å². The molecule has 1 heterocycles. The summed E-state index contributed by atoms with van der Waals surface area (Å²) in [5, 5.41) is 4.77. The summed E-state index contributed by atoms with van der Waals surface area (Å²) >= 11 is 1.79. The number of hydrogen-bond acceptors (Lipinski definition) is 3. The second kappa shape index (κ2) is 6.06. The Labute approximate surface area is 126 Å². The molecule has 0 saturated carbocycles. The van der Waals surface area contributed by atoms with Gasteiger partial charge < -0.3 is 5.32 Å². The molecule has 2 nitrogen and oxygen atoms in total. The van der Waals surface area contributed by atoms with E-state index in [0.717, 1.165) is 17.2 Å². The maximum absolute atomic E-state index is 4.51. The first-order valence-corrected chi connectivity index (χ1v) is 7.94. The van der Waals surface area contributed by atoms with Crippen LogP contribution < -0.4 is 5.32 Å². The van der Waals surface area contributed by atoms with Crippen LogP contribution in [-0.4, -0.2) is 4.98 Å². The van der Waals surface area contributed by atoms with E-state index in [4.69, 9.17) is 0 Å². The zero-order valence-electron chi connectivity index (χ0n) is 13.3. The molecular weight excluding hydrogens is 264 g/mol. The molecule has 0 radical (unpaired) electrons. The molecule has 20 heavy (non-hydrogen) atoms. The monoisotopic (exact) mass is 288 g/mol. The van der Waals surface area contributed by atoms with E-state index in [1.54, 1.807) is 11.3 Å². The van der Waals surface area contributed by atoms with Crippen LogP contribution in [0.25, 0.3) is 0 Å². The van der Waals surface area contributed by atoms with E-state index in [2.05, 4.69) is 64.0 Å². The first kappa shape index (κ1) is 15.2. The Morgan fingerprint density at radius 3 is 2.30 bits per heavy atom. The van der Waals surface area contributed by atoms with Gasteiger partial charge in [0.1, 0.15) is 0 Å². The van der Waals surface area contributed by atoms with Crippen LogP contribution in [0.4, 0.5) is 0 Å². The SMILES string of the molecule is Cc1nc(C)c(C(C)NCc2cc(C)c(C)cc2C)s1. The minimum atomic E-state index is 0.349. The molecule has 1 unspecified atom stereocenters. The lowest BCUT2D eigenvalue weighted by Crippen LogP contribution is -2.18. The molecule has 0 saturated heterocycles. The summed E-state index contributed by atoms with van der Waals surface area (Å²) in [6, 6.07) is 4.93. The maximum Gasteiger partial charge on any atom is 0.0900 e. The van der Waals surface area contributed by atoms with Crippen LogP contribution in [0.3, 0.4) is 0 Å². The number of thiazole rings is 1. The van der Waals surface area contributed by atoms with Crippen molar-refractivity contribution in [3.05, 3.63) is 50.0 Å². The van der Waals surface area contributed by atoms with Gasteiger partial charge in [-0.2, -0.15) is 0 Å². The number of benzene rings is 1. The zero-order chi connectivity index (χ0) is 14.9. The van der Waals surface area contributed by atoms with Gasteiger partial charge in [0.25, 0.3) is 0 Å². The van der Waals surface area contributed by atoms with Crippen LogP contribution in [0.5, 0.6) is 0 Å². The summed E-state index contributed by atoms with van der Waals surface area (Å²) in [6.07, 6.45) is 0.